The van der Waals surface area contributed by atoms with Crippen LogP contribution in [0.25, 0.3) is 0 Å². The van der Waals surface area contributed by atoms with Crippen molar-refractivity contribution in [3.05, 3.63) is 29.8 Å². The van der Waals surface area contributed by atoms with Crippen LogP contribution in [0, 0.1) is 17.6 Å². The van der Waals surface area contributed by atoms with Crippen molar-refractivity contribution in [2.45, 2.75) is 31.8 Å². The van der Waals surface area contributed by atoms with Gasteiger partial charge in [-0.1, -0.05) is 0 Å². The van der Waals surface area contributed by atoms with Gasteiger partial charge in [0.2, 0.25) is 0 Å². The third kappa shape index (κ3) is 2.21. The lowest BCUT2D eigenvalue weighted by Gasteiger charge is -2.40. The summed E-state index contributed by atoms with van der Waals surface area (Å²) in [4.78, 5) is 2.18. The Balaban J connectivity index is 1.81. The summed E-state index contributed by atoms with van der Waals surface area (Å²) in [6.07, 6.45) is 2.58. The van der Waals surface area contributed by atoms with E-state index >= 15 is 0 Å². The molecule has 18 heavy (non-hydrogen) atoms. The van der Waals surface area contributed by atoms with Gasteiger partial charge in [-0.25, -0.2) is 8.78 Å². The SMILES string of the molecule is CC1CNC(C2CC2)CN1c1ccc(F)c(F)c1. The summed E-state index contributed by atoms with van der Waals surface area (Å²) in [5, 5.41) is 3.55. The number of halogens is 2. The fraction of sp³-hybridized carbons (Fsp3) is 0.571. The van der Waals surface area contributed by atoms with Crippen LogP contribution >= 0.6 is 0 Å². The van der Waals surface area contributed by atoms with E-state index < -0.39 is 11.6 Å². The second-order valence-corrected chi connectivity index (χ2v) is 5.45. The monoisotopic (exact) mass is 252 g/mol. The number of nitrogens with zero attached hydrogens (tertiary/aromatic N) is 1. The van der Waals surface area contributed by atoms with E-state index in [-0.39, 0.29) is 0 Å². The van der Waals surface area contributed by atoms with Crippen LogP contribution < -0.4 is 10.2 Å². The molecule has 0 aromatic heterocycles. The Kier molecular flexibility index (Phi) is 2.98. The second-order valence-electron chi connectivity index (χ2n) is 5.45. The summed E-state index contributed by atoms with van der Waals surface area (Å²) in [7, 11) is 0. The van der Waals surface area contributed by atoms with Crippen LogP contribution in [0.2, 0.25) is 0 Å². The van der Waals surface area contributed by atoms with E-state index in [0.29, 0.717) is 12.1 Å². The van der Waals surface area contributed by atoms with Crippen LogP contribution in [0.1, 0.15) is 19.8 Å². The van der Waals surface area contributed by atoms with Gasteiger partial charge in [-0.2, -0.15) is 0 Å². The van der Waals surface area contributed by atoms with E-state index in [1.54, 1.807) is 6.07 Å². The van der Waals surface area contributed by atoms with Gasteiger partial charge in [0.25, 0.3) is 0 Å². The fourth-order valence-corrected chi connectivity index (χ4v) is 2.73. The highest BCUT2D eigenvalue weighted by molar-refractivity contribution is 5.48. The summed E-state index contributed by atoms with van der Waals surface area (Å²) in [5.41, 5.74) is 0.786. The molecule has 1 aliphatic carbocycles. The molecule has 1 aliphatic heterocycles. The molecule has 0 bridgehead atoms. The first-order chi connectivity index (χ1) is 8.65. The number of hydrogen-bond donors (Lipinski definition) is 1. The summed E-state index contributed by atoms with van der Waals surface area (Å²) in [5.74, 6) is -0.771. The Morgan fingerprint density at radius 2 is 2.00 bits per heavy atom. The van der Waals surface area contributed by atoms with Gasteiger partial charge in [-0.3, -0.25) is 0 Å². The summed E-state index contributed by atoms with van der Waals surface area (Å²) in [6.45, 7) is 3.90. The molecule has 2 fully saturated rings. The molecule has 0 spiro atoms. The topological polar surface area (TPSA) is 15.3 Å². The van der Waals surface area contributed by atoms with Crippen molar-refractivity contribution in [2.24, 2.45) is 5.92 Å². The van der Waals surface area contributed by atoms with Crippen molar-refractivity contribution >= 4 is 5.69 Å². The van der Waals surface area contributed by atoms with Gasteiger partial charge in [0.05, 0.1) is 0 Å². The van der Waals surface area contributed by atoms with Gasteiger partial charge in [0.1, 0.15) is 0 Å². The van der Waals surface area contributed by atoms with Crippen molar-refractivity contribution in [1.29, 1.82) is 0 Å². The highest BCUT2D eigenvalue weighted by Gasteiger charge is 2.36. The number of nitrogens with one attached hydrogen (secondary N) is 1. The maximum absolute atomic E-state index is 13.3. The zero-order valence-electron chi connectivity index (χ0n) is 10.5. The van der Waals surface area contributed by atoms with Gasteiger partial charge in [0.15, 0.2) is 11.6 Å². The van der Waals surface area contributed by atoms with Crippen LogP contribution in [0.5, 0.6) is 0 Å². The van der Waals surface area contributed by atoms with E-state index in [0.717, 1.165) is 24.7 Å². The normalized spacial score (nSPS) is 28.5. The minimum Gasteiger partial charge on any atom is -0.366 e. The first kappa shape index (κ1) is 11.9. The molecule has 2 atom stereocenters. The Morgan fingerprint density at radius 1 is 1.22 bits per heavy atom. The Morgan fingerprint density at radius 3 is 2.67 bits per heavy atom. The van der Waals surface area contributed by atoms with Crippen LogP contribution in [-0.4, -0.2) is 25.2 Å². The zero-order chi connectivity index (χ0) is 12.7. The van der Waals surface area contributed by atoms with Gasteiger partial charge in [0, 0.05) is 36.9 Å². The van der Waals surface area contributed by atoms with Crippen LogP contribution in [0.3, 0.4) is 0 Å². The third-order valence-corrected chi connectivity index (χ3v) is 4.03. The molecule has 1 saturated heterocycles. The summed E-state index contributed by atoms with van der Waals surface area (Å²) in [6, 6.07) is 5.00. The number of piperazine rings is 1. The lowest BCUT2D eigenvalue weighted by molar-refractivity contribution is 0.375. The van der Waals surface area contributed by atoms with E-state index in [1.807, 2.05) is 0 Å². The average molecular weight is 252 g/mol. The first-order valence-corrected chi connectivity index (χ1v) is 6.60. The van der Waals surface area contributed by atoms with Crippen molar-refractivity contribution in [3.8, 4) is 0 Å². The van der Waals surface area contributed by atoms with Gasteiger partial charge in [-0.05, 0) is 37.8 Å². The molecule has 2 aliphatic rings. The number of benzene rings is 1. The second kappa shape index (κ2) is 4.50. The number of hydrogen-bond acceptors (Lipinski definition) is 2. The van der Waals surface area contributed by atoms with Gasteiger partial charge < -0.3 is 10.2 Å². The van der Waals surface area contributed by atoms with Gasteiger partial charge in [-0.15, -0.1) is 0 Å². The van der Waals surface area contributed by atoms with Crippen LogP contribution in [0.15, 0.2) is 18.2 Å². The third-order valence-electron chi connectivity index (χ3n) is 4.03. The first-order valence-electron chi connectivity index (χ1n) is 6.60. The molecule has 0 amide bonds. The van der Waals surface area contributed by atoms with Crippen LogP contribution in [-0.2, 0) is 0 Å². The highest BCUT2D eigenvalue weighted by Crippen LogP contribution is 2.35. The highest BCUT2D eigenvalue weighted by atomic mass is 19.2. The molecule has 1 saturated carbocycles. The smallest absolute Gasteiger partial charge is 0.160 e. The minimum atomic E-state index is -0.778. The lowest BCUT2D eigenvalue weighted by atomic mass is 10.1. The quantitative estimate of drug-likeness (QED) is 0.870. The minimum absolute atomic E-state index is 0.310. The fourth-order valence-electron chi connectivity index (χ4n) is 2.73. The lowest BCUT2D eigenvalue weighted by Crippen LogP contribution is -2.56. The van der Waals surface area contributed by atoms with Crippen molar-refractivity contribution in [2.75, 3.05) is 18.0 Å². The number of rotatable bonds is 2. The summed E-state index contributed by atoms with van der Waals surface area (Å²) < 4.78 is 26.3. The Hall–Kier alpha value is -1.16. The van der Waals surface area contributed by atoms with E-state index in [9.17, 15) is 8.78 Å². The molecular formula is C14H18F2N2. The van der Waals surface area contributed by atoms with Crippen molar-refractivity contribution in [1.82, 2.24) is 5.32 Å². The number of anilines is 1. The molecular weight excluding hydrogens is 234 g/mol. The van der Waals surface area contributed by atoms with E-state index in [4.69, 9.17) is 0 Å². The van der Waals surface area contributed by atoms with Crippen molar-refractivity contribution < 1.29 is 8.78 Å². The molecule has 2 unspecified atom stereocenters. The standard InChI is InChI=1S/C14H18F2N2/c1-9-7-17-14(10-2-3-10)8-18(9)11-4-5-12(15)13(16)6-11/h4-6,9-10,14,17H,2-3,7-8H2,1H3. The Labute approximate surface area is 106 Å². The predicted molar refractivity (Wildman–Crippen MR) is 67.7 cm³/mol. The molecule has 1 N–H and O–H groups in total. The molecule has 0 radical (unpaired) electrons. The molecule has 98 valence electrons. The zero-order valence-corrected chi connectivity index (χ0v) is 10.5. The molecule has 4 heteroatoms. The predicted octanol–water partition coefficient (Wildman–Crippen LogP) is 2.54. The maximum atomic E-state index is 13.3. The molecule has 1 aromatic carbocycles. The Bertz CT molecular complexity index is 445. The molecule has 1 aromatic rings. The van der Waals surface area contributed by atoms with E-state index in [1.165, 1.54) is 25.0 Å². The summed E-state index contributed by atoms with van der Waals surface area (Å²) >= 11 is 0. The van der Waals surface area contributed by atoms with Crippen LogP contribution in [0.4, 0.5) is 14.5 Å². The van der Waals surface area contributed by atoms with Gasteiger partial charge >= 0.3 is 0 Å². The molecule has 1 heterocycles. The van der Waals surface area contributed by atoms with Crippen molar-refractivity contribution in [3.63, 3.8) is 0 Å². The molecule has 3 rings (SSSR count). The van der Waals surface area contributed by atoms with E-state index in [2.05, 4.69) is 17.1 Å². The maximum Gasteiger partial charge on any atom is 0.160 e. The average Bonchev–Trinajstić information content (AvgIpc) is 3.18. The molecule has 2 nitrogen and oxygen atoms in total. The largest absolute Gasteiger partial charge is 0.366 e.